The third-order valence-electron chi connectivity index (χ3n) is 6.19. The van der Waals surface area contributed by atoms with Gasteiger partial charge in [0.1, 0.15) is 18.2 Å². The van der Waals surface area contributed by atoms with Crippen molar-refractivity contribution >= 4 is 17.9 Å². The molecule has 0 radical (unpaired) electrons. The number of alkyl carbamates (subject to hydrolysis) is 1. The Morgan fingerprint density at radius 2 is 1.60 bits per heavy atom. The number of carbonyl (C=O) groups excluding carboxylic acids is 3. The van der Waals surface area contributed by atoms with Gasteiger partial charge in [-0.15, -0.1) is 0 Å². The Morgan fingerprint density at radius 3 is 2.14 bits per heavy atom. The zero-order chi connectivity index (χ0) is 25.6. The molecule has 188 valence electrons. The summed E-state index contributed by atoms with van der Waals surface area (Å²) in [6.07, 6.45) is 1.99. The van der Waals surface area contributed by atoms with Gasteiger partial charge in [-0.2, -0.15) is 0 Å². The van der Waals surface area contributed by atoms with E-state index in [1.807, 2.05) is 62.4 Å². The van der Waals surface area contributed by atoms with Crippen LogP contribution in [-0.2, 0) is 20.9 Å². The van der Waals surface area contributed by atoms with Crippen molar-refractivity contribution in [3.8, 4) is 0 Å². The lowest BCUT2D eigenvalue weighted by Crippen LogP contribution is -2.54. The normalized spacial score (nSPS) is 14.4. The molecule has 0 aliphatic heterocycles. The van der Waals surface area contributed by atoms with Gasteiger partial charge >= 0.3 is 6.09 Å². The first-order chi connectivity index (χ1) is 16.6. The smallest absolute Gasteiger partial charge is 0.408 e. The molecule has 3 amide bonds. The summed E-state index contributed by atoms with van der Waals surface area (Å²) in [5.41, 5.74) is 3.04. The van der Waals surface area contributed by atoms with E-state index in [0.29, 0.717) is 6.54 Å². The van der Waals surface area contributed by atoms with Crippen LogP contribution in [0.3, 0.4) is 0 Å². The van der Waals surface area contributed by atoms with Crippen molar-refractivity contribution in [3.63, 3.8) is 0 Å². The largest absolute Gasteiger partial charge is 0.444 e. The molecule has 0 saturated heterocycles. The van der Waals surface area contributed by atoms with Gasteiger partial charge in [0.2, 0.25) is 11.8 Å². The molecule has 1 aliphatic carbocycles. The van der Waals surface area contributed by atoms with Crippen LogP contribution < -0.4 is 10.6 Å². The summed E-state index contributed by atoms with van der Waals surface area (Å²) >= 11 is 0. The minimum Gasteiger partial charge on any atom is -0.444 e. The number of rotatable bonds is 8. The zero-order valence-electron chi connectivity index (χ0n) is 21.4. The Morgan fingerprint density at radius 1 is 0.971 bits per heavy atom. The number of nitrogens with one attached hydrogen (secondary N) is 2. The zero-order valence-corrected chi connectivity index (χ0v) is 21.4. The lowest BCUT2D eigenvalue weighted by Gasteiger charge is -2.43. The molecule has 2 aromatic carbocycles. The second-order valence-electron chi connectivity index (χ2n) is 10.2. The molecule has 7 heteroatoms. The maximum absolute atomic E-state index is 13.7. The van der Waals surface area contributed by atoms with Crippen molar-refractivity contribution in [3.05, 3.63) is 70.8 Å². The number of ether oxygens (including phenoxy) is 1. The summed E-state index contributed by atoms with van der Waals surface area (Å²) in [5, 5.41) is 5.61. The quantitative estimate of drug-likeness (QED) is 0.581. The number of hydrogen-bond donors (Lipinski definition) is 2. The number of benzene rings is 2. The molecule has 0 bridgehead atoms. The summed E-state index contributed by atoms with van der Waals surface area (Å²) in [7, 11) is 0. The molecule has 1 aliphatic rings. The van der Waals surface area contributed by atoms with Crippen molar-refractivity contribution in [1.82, 2.24) is 15.5 Å². The fourth-order valence-corrected chi connectivity index (χ4v) is 4.31. The van der Waals surface area contributed by atoms with E-state index in [1.165, 1.54) is 0 Å². The highest BCUT2D eigenvalue weighted by Gasteiger charge is 2.40. The highest BCUT2D eigenvalue weighted by molar-refractivity contribution is 5.91. The van der Waals surface area contributed by atoms with Gasteiger partial charge in [0.15, 0.2) is 0 Å². The Labute approximate surface area is 208 Å². The summed E-state index contributed by atoms with van der Waals surface area (Å²) < 4.78 is 5.29. The SMILES string of the molecule is Cc1cccc(C)c1C(C(=O)NCc1ccccc1)N(C(=O)CNC(=O)OC(C)(C)C)C1CCC1. The molecule has 7 nitrogen and oxygen atoms in total. The van der Waals surface area contributed by atoms with E-state index in [4.69, 9.17) is 4.74 Å². The molecule has 35 heavy (non-hydrogen) atoms. The van der Waals surface area contributed by atoms with E-state index in [0.717, 1.165) is 41.5 Å². The van der Waals surface area contributed by atoms with Gasteiger partial charge in [0, 0.05) is 12.6 Å². The van der Waals surface area contributed by atoms with Crippen LogP contribution in [0.1, 0.15) is 68.3 Å². The van der Waals surface area contributed by atoms with Crippen molar-refractivity contribution in [2.45, 2.75) is 78.1 Å². The molecule has 1 atom stereocenters. The molecule has 0 spiro atoms. The Hall–Kier alpha value is -3.35. The van der Waals surface area contributed by atoms with E-state index < -0.39 is 17.7 Å². The molecule has 0 heterocycles. The Bertz CT molecular complexity index is 1020. The number of aryl methyl sites for hydroxylation is 2. The van der Waals surface area contributed by atoms with Gasteiger partial charge in [-0.3, -0.25) is 9.59 Å². The topological polar surface area (TPSA) is 87.7 Å². The lowest BCUT2D eigenvalue weighted by atomic mass is 9.86. The monoisotopic (exact) mass is 479 g/mol. The maximum Gasteiger partial charge on any atom is 0.408 e. The van der Waals surface area contributed by atoms with E-state index in [2.05, 4.69) is 10.6 Å². The average molecular weight is 480 g/mol. The lowest BCUT2D eigenvalue weighted by molar-refractivity contribution is -0.145. The molecule has 3 rings (SSSR count). The summed E-state index contributed by atoms with van der Waals surface area (Å²) in [5.74, 6) is -0.535. The molecule has 1 fully saturated rings. The Kier molecular flexibility index (Phi) is 8.54. The van der Waals surface area contributed by atoms with Crippen molar-refractivity contribution in [2.75, 3.05) is 6.54 Å². The second-order valence-corrected chi connectivity index (χ2v) is 10.2. The van der Waals surface area contributed by atoms with Crippen molar-refractivity contribution in [1.29, 1.82) is 0 Å². The van der Waals surface area contributed by atoms with Crippen LogP contribution in [0.5, 0.6) is 0 Å². The standard InChI is InChI=1S/C28H37N3O4/c1-19-11-9-12-20(2)24(19)25(26(33)29-17-21-13-7-6-8-14-21)31(22-15-10-16-22)23(32)18-30-27(34)35-28(3,4)5/h6-9,11-14,22,25H,10,15-18H2,1-5H3,(H,29,33)(H,30,34). The fraction of sp³-hybridized carbons (Fsp3) is 0.464. The van der Waals surface area contributed by atoms with Gasteiger partial charge in [0.05, 0.1) is 0 Å². The molecule has 0 aromatic heterocycles. The number of nitrogens with zero attached hydrogens (tertiary/aromatic N) is 1. The molecule has 1 unspecified atom stereocenters. The highest BCUT2D eigenvalue weighted by atomic mass is 16.6. The van der Waals surface area contributed by atoms with Crippen LogP contribution in [0, 0.1) is 13.8 Å². The first kappa shape index (κ1) is 26.3. The fourth-order valence-electron chi connectivity index (χ4n) is 4.31. The number of carbonyl (C=O) groups is 3. The third-order valence-corrected chi connectivity index (χ3v) is 6.19. The van der Waals surface area contributed by atoms with E-state index in [1.54, 1.807) is 25.7 Å². The molecule has 2 N–H and O–H groups in total. The van der Waals surface area contributed by atoms with Crippen LogP contribution in [-0.4, -0.2) is 41.0 Å². The van der Waals surface area contributed by atoms with E-state index in [-0.39, 0.29) is 24.4 Å². The molecule has 1 saturated carbocycles. The molecule has 2 aromatic rings. The van der Waals surface area contributed by atoms with Crippen molar-refractivity contribution in [2.24, 2.45) is 0 Å². The van der Waals surface area contributed by atoms with Crippen LogP contribution >= 0.6 is 0 Å². The molecular formula is C28H37N3O4. The maximum atomic E-state index is 13.7. The van der Waals surface area contributed by atoms with Gasteiger partial charge in [-0.25, -0.2) is 4.79 Å². The first-order valence-electron chi connectivity index (χ1n) is 12.2. The first-order valence-corrected chi connectivity index (χ1v) is 12.2. The summed E-state index contributed by atoms with van der Waals surface area (Å²) in [6, 6.07) is 14.7. The molecular weight excluding hydrogens is 442 g/mol. The Balaban J connectivity index is 1.89. The third kappa shape index (κ3) is 7.07. The second kappa shape index (κ2) is 11.4. The predicted molar refractivity (Wildman–Crippen MR) is 136 cm³/mol. The van der Waals surface area contributed by atoms with Crippen LogP contribution in [0.15, 0.2) is 48.5 Å². The number of amides is 3. The van der Waals surface area contributed by atoms with E-state index >= 15 is 0 Å². The van der Waals surface area contributed by atoms with Gasteiger partial charge < -0.3 is 20.3 Å². The minimum absolute atomic E-state index is 0.0607. The van der Waals surface area contributed by atoms with Gasteiger partial charge in [-0.1, -0.05) is 48.5 Å². The number of hydrogen-bond acceptors (Lipinski definition) is 4. The van der Waals surface area contributed by atoms with Crippen LogP contribution in [0.4, 0.5) is 4.79 Å². The van der Waals surface area contributed by atoms with Gasteiger partial charge in [0.25, 0.3) is 0 Å². The van der Waals surface area contributed by atoms with Crippen LogP contribution in [0.2, 0.25) is 0 Å². The predicted octanol–water partition coefficient (Wildman–Crippen LogP) is 4.57. The average Bonchev–Trinajstić information content (AvgIpc) is 2.75. The van der Waals surface area contributed by atoms with Gasteiger partial charge in [-0.05, 0) is 76.1 Å². The summed E-state index contributed by atoms with van der Waals surface area (Å²) in [4.78, 5) is 41.1. The highest BCUT2D eigenvalue weighted by Crippen LogP contribution is 2.35. The van der Waals surface area contributed by atoms with Crippen LogP contribution in [0.25, 0.3) is 0 Å². The van der Waals surface area contributed by atoms with E-state index in [9.17, 15) is 14.4 Å². The minimum atomic E-state index is -0.793. The van der Waals surface area contributed by atoms with Crippen molar-refractivity contribution < 1.29 is 19.1 Å². The summed E-state index contributed by atoms with van der Waals surface area (Å²) in [6.45, 7) is 9.35.